The smallest absolute Gasteiger partial charge is 0.127 e. The molecule has 14 heavy (non-hydrogen) atoms. The Morgan fingerprint density at radius 3 is 2.36 bits per heavy atom. The zero-order valence-corrected chi connectivity index (χ0v) is 8.71. The number of rotatable bonds is 3. The topological polar surface area (TPSA) is 30.9 Å². The van der Waals surface area contributed by atoms with E-state index < -0.39 is 0 Å². The fraction of sp³-hybridized carbons (Fsp3) is 0.500. The minimum Gasteiger partial charge on any atom is -0.325 e. The van der Waals surface area contributed by atoms with Crippen LogP contribution in [0, 0.1) is 0 Å². The molecule has 0 aromatic heterocycles. The zero-order valence-electron chi connectivity index (χ0n) is 8.71. The lowest BCUT2D eigenvalue weighted by atomic mass is 10.1. The standard InChI is InChI=1S/C12H18N2/c13-12-5-3-11(4-6-12)7-10-14-8-1-2-9-14/h3-6H,1-2,7-10,13H2/p+1. The molecule has 1 aromatic carbocycles. The van der Waals surface area contributed by atoms with Gasteiger partial charge in [-0.3, -0.25) is 0 Å². The monoisotopic (exact) mass is 191 g/mol. The molecule has 1 fully saturated rings. The van der Waals surface area contributed by atoms with Crippen molar-refractivity contribution in [3.8, 4) is 0 Å². The summed E-state index contributed by atoms with van der Waals surface area (Å²) in [6, 6.07) is 8.58. The molecule has 3 N–H and O–H groups in total. The van der Waals surface area contributed by atoms with Crippen LogP contribution >= 0.6 is 0 Å². The molecule has 0 bridgehead atoms. The van der Waals surface area contributed by atoms with Crippen molar-refractivity contribution in [2.24, 2.45) is 0 Å². The Morgan fingerprint density at radius 1 is 1.07 bits per heavy atom. The number of nitrogens with zero attached hydrogens (tertiary/aromatic N) is 1. The van der Waals surface area contributed by atoms with Crippen molar-refractivity contribution in [3.05, 3.63) is 29.8 Å². The van der Waals surface area contributed by atoms with Crippen LogP contribution in [0.5, 0.6) is 0 Å². The van der Waals surface area contributed by atoms with Crippen LogP contribution in [0.2, 0.25) is 0 Å². The van der Waals surface area contributed by atoms with Gasteiger partial charge >= 0.3 is 0 Å². The summed E-state index contributed by atoms with van der Waals surface area (Å²) in [5.41, 5.74) is 6.43. The molecule has 2 nitrogen and oxygen atoms in total. The summed E-state index contributed by atoms with van der Waals surface area (Å²) in [4.78, 5) is 2.55. The lowest BCUT2D eigenvalue weighted by Crippen LogP contribution is -2.39. The Morgan fingerprint density at radius 2 is 1.71 bits per heavy atom. The molecule has 1 aliphatic rings. The van der Waals surface area contributed by atoms with Gasteiger partial charge in [-0.2, -0.15) is 0 Å². The quantitative estimate of drug-likeness (QED) is 0.764. The second kappa shape index (κ2) is 4.58. The van der Waals surface area contributed by atoms with Gasteiger partial charge < -0.3 is 10.6 Å². The van der Waals surface area contributed by atoms with Gasteiger partial charge in [-0.05, 0) is 50.0 Å². The van der Waals surface area contributed by atoms with Crippen molar-refractivity contribution in [1.82, 2.24) is 4.90 Å². The van der Waals surface area contributed by atoms with E-state index in [0.717, 1.165) is 5.69 Å². The van der Waals surface area contributed by atoms with Crippen LogP contribution in [0.25, 0.3) is 0 Å². The Hall–Kier alpha value is -0.860. The number of likely N-dealkylation sites (tertiary alicyclic amines) is 1. The first kappa shape index (κ1) is 9.69. The molecular weight excluding hydrogens is 172 g/mol. The molecule has 0 saturated carbocycles. The van der Waals surface area contributed by atoms with Gasteiger partial charge in [-0.25, -0.2) is 0 Å². The molecule has 76 valence electrons. The Balaban J connectivity index is 1.82. The fourth-order valence-corrected chi connectivity index (χ4v) is 2.00. The molecule has 0 aliphatic carbocycles. The van der Waals surface area contributed by atoms with Crippen molar-refractivity contribution in [2.45, 2.75) is 19.3 Å². The fourth-order valence-electron chi connectivity index (χ4n) is 2.00. The summed E-state index contributed by atoms with van der Waals surface area (Å²) < 4.78 is 0. The van der Waals surface area contributed by atoms with Gasteiger partial charge in [0, 0.05) is 6.54 Å². The van der Waals surface area contributed by atoms with E-state index in [1.807, 2.05) is 0 Å². The summed E-state index contributed by atoms with van der Waals surface area (Å²) in [6.45, 7) is 3.82. The maximum atomic E-state index is 3.89. The molecule has 0 amide bonds. The Kier molecular flexibility index (Phi) is 3.17. The molecule has 0 spiro atoms. The number of benzene rings is 1. The first-order valence-electron chi connectivity index (χ1n) is 5.48. The first-order chi connectivity index (χ1) is 6.84. The van der Waals surface area contributed by atoms with Crippen LogP contribution in [0.3, 0.4) is 0 Å². The highest BCUT2D eigenvalue weighted by Crippen LogP contribution is 2.10. The number of quaternary nitrogens is 1. The maximum Gasteiger partial charge on any atom is 0.127 e. The van der Waals surface area contributed by atoms with Crippen molar-refractivity contribution < 1.29 is 5.73 Å². The van der Waals surface area contributed by atoms with Crippen LogP contribution in [0.15, 0.2) is 24.3 Å². The third-order valence-corrected chi connectivity index (χ3v) is 2.94. The highest BCUT2D eigenvalue weighted by Gasteiger charge is 2.10. The molecule has 1 aliphatic heterocycles. The number of hydrogen-bond acceptors (Lipinski definition) is 1. The van der Waals surface area contributed by atoms with Gasteiger partial charge in [0.2, 0.25) is 0 Å². The van der Waals surface area contributed by atoms with Crippen molar-refractivity contribution in [1.29, 1.82) is 0 Å². The van der Waals surface area contributed by atoms with E-state index in [2.05, 4.69) is 34.9 Å². The largest absolute Gasteiger partial charge is 0.325 e. The summed E-state index contributed by atoms with van der Waals surface area (Å²) in [5.74, 6) is 0. The zero-order chi connectivity index (χ0) is 9.80. The Bertz CT molecular complexity index is 273. The normalized spacial score (nSPS) is 17.5. The molecule has 1 saturated heterocycles. The average Bonchev–Trinajstić information content (AvgIpc) is 2.70. The van der Waals surface area contributed by atoms with Crippen molar-refractivity contribution in [2.75, 3.05) is 19.6 Å². The predicted octanol–water partition coefficient (Wildman–Crippen LogP) is 1.20. The van der Waals surface area contributed by atoms with Crippen molar-refractivity contribution >= 4 is 5.69 Å². The lowest BCUT2D eigenvalue weighted by Gasteiger charge is -2.13. The number of hydrogen-bond donors (Lipinski definition) is 1. The van der Waals surface area contributed by atoms with Gasteiger partial charge in [-0.1, -0.05) is 12.1 Å². The molecule has 2 rings (SSSR count). The van der Waals surface area contributed by atoms with E-state index in [1.165, 1.54) is 44.5 Å². The molecule has 0 atom stereocenters. The van der Waals surface area contributed by atoms with E-state index in [-0.39, 0.29) is 0 Å². The van der Waals surface area contributed by atoms with Gasteiger partial charge in [-0.15, -0.1) is 0 Å². The third-order valence-electron chi connectivity index (χ3n) is 2.94. The van der Waals surface area contributed by atoms with Crippen LogP contribution in [0.1, 0.15) is 18.4 Å². The van der Waals surface area contributed by atoms with E-state index in [1.54, 1.807) is 0 Å². The van der Waals surface area contributed by atoms with E-state index >= 15 is 0 Å². The van der Waals surface area contributed by atoms with Crippen LogP contribution < -0.4 is 5.73 Å². The maximum absolute atomic E-state index is 3.89. The van der Waals surface area contributed by atoms with E-state index in [9.17, 15) is 0 Å². The molecule has 1 aromatic rings. The first-order valence-corrected chi connectivity index (χ1v) is 5.48. The highest BCUT2D eigenvalue weighted by molar-refractivity contribution is 5.31. The average molecular weight is 191 g/mol. The minimum absolute atomic E-state index is 1.11. The second-order valence-corrected chi connectivity index (χ2v) is 4.12. The molecule has 1 heterocycles. The van der Waals surface area contributed by atoms with E-state index in [0.29, 0.717) is 0 Å². The summed E-state index contributed by atoms with van der Waals surface area (Å²) in [6.07, 6.45) is 3.95. The van der Waals surface area contributed by atoms with E-state index in [4.69, 9.17) is 0 Å². The summed E-state index contributed by atoms with van der Waals surface area (Å²) >= 11 is 0. The summed E-state index contributed by atoms with van der Waals surface area (Å²) in [7, 11) is 0. The molecule has 2 heteroatoms. The molecule has 0 radical (unpaired) electrons. The minimum atomic E-state index is 1.11. The van der Waals surface area contributed by atoms with Crippen LogP contribution in [-0.4, -0.2) is 24.5 Å². The SMILES string of the molecule is [NH3+]c1ccc(CCN2CCCC2)cc1. The Labute approximate surface area is 85.7 Å². The molecular formula is C12H19N2+. The summed E-state index contributed by atoms with van der Waals surface area (Å²) in [5, 5.41) is 0. The van der Waals surface area contributed by atoms with Gasteiger partial charge in [0.05, 0.1) is 0 Å². The lowest BCUT2D eigenvalue weighted by molar-refractivity contribution is -0.254. The predicted molar refractivity (Wildman–Crippen MR) is 58.4 cm³/mol. The molecule has 0 unspecified atom stereocenters. The second-order valence-electron chi connectivity index (χ2n) is 4.12. The highest BCUT2D eigenvalue weighted by atomic mass is 15.1. The van der Waals surface area contributed by atoms with Gasteiger partial charge in [0.15, 0.2) is 0 Å². The van der Waals surface area contributed by atoms with Gasteiger partial charge in [0.1, 0.15) is 5.69 Å². The van der Waals surface area contributed by atoms with Crippen LogP contribution in [0.4, 0.5) is 5.69 Å². The van der Waals surface area contributed by atoms with Crippen molar-refractivity contribution in [3.63, 3.8) is 0 Å². The third kappa shape index (κ3) is 2.56. The van der Waals surface area contributed by atoms with Crippen LogP contribution in [-0.2, 0) is 6.42 Å². The van der Waals surface area contributed by atoms with Gasteiger partial charge in [0.25, 0.3) is 0 Å².